The lowest BCUT2D eigenvalue weighted by molar-refractivity contribution is -0.362. The number of alkyl halides is 5. The molecule has 5 atom stereocenters. The number of imidazole rings is 1. The molecule has 4 aliphatic rings. The van der Waals surface area contributed by atoms with Crippen LogP contribution in [0.5, 0.6) is 0 Å². The molecule has 202 valence electrons. The number of aliphatic hydroxyl groups is 1. The average Bonchev–Trinajstić information content (AvgIpc) is 3.50. The summed E-state index contributed by atoms with van der Waals surface area (Å²) >= 11 is 0. The predicted molar refractivity (Wildman–Crippen MR) is 130 cm³/mol. The SMILES string of the molecule is C[C@]12C[C@H](c3ccc(-n4ccnc4)cc3)C3=C4CCC(=O)C=C4CC[C@H]3[C@@H]1CC[C@@]2(O)C(F)(F)C(F)(F)F. The van der Waals surface area contributed by atoms with E-state index in [1.54, 1.807) is 24.8 Å². The van der Waals surface area contributed by atoms with Gasteiger partial charge in [0.15, 0.2) is 5.78 Å². The summed E-state index contributed by atoms with van der Waals surface area (Å²) in [6.45, 7) is 1.44. The van der Waals surface area contributed by atoms with E-state index in [-0.39, 0.29) is 24.5 Å². The Morgan fingerprint density at radius 2 is 1.79 bits per heavy atom. The molecule has 1 aromatic carbocycles. The third kappa shape index (κ3) is 3.43. The van der Waals surface area contributed by atoms with Gasteiger partial charge in [0, 0.05) is 35.8 Å². The zero-order chi connectivity index (χ0) is 27.1. The molecule has 1 N–H and O–H groups in total. The van der Waals surface area contributed by atoms with E-state index in [9.17, 15) is 23.1 Å². The zero-order valence-electron chi connectivity index (χ0n) is 20.9. The highest BCUT2D eigenvalue weighted by Gasteiger charge is 2.79. The average molecular weight is 533 g/mol. The molecule has 4 nitrogen and oxygen atoms in total. The molecule has 0 spiro atoms. The Bertz CT molecular complexity index is 1330. The van der Waals surface area contributed by atoms with E-state index in [2.05, 4.69) is 4.98 Å². The largest absolute Gasteiger partial charge is 0.456 e. The lowest BCUT2D eigenvalue weighted by Gasteiger charge is -2.56. The smallest absolute Gasteiger partial charge is 0.383 e. The molecule has 0 bridgehead atoms. The first kappa shape index (κ1) is 25.5. The molecule has 4 aliphatic carbocycles. The van der Waals surface area contributed by atoms with E-state index in [0.717, 1.165) is 28.0 Å². The monoisotopic (exact) mass is 532 g/mol. The van der Waals surface area contributed by atoms with E-state index < -0.39 is 41.4 Å². The minimum absolute atomic E-state index is 0.0270. The summed E-state index contributed by atoms with van der Waals surface area (Å²) in [6, 6.07) is 7.52. The molecule has 6 rings (SSSR count). The summed E-state index contributed by atoms with van der Waals surface area (Å²) in [5.41, 5.74) is -0.118. The van der Waals surface area contributed by atoms with Crippen LogP contribution < -0.4 is 0 Å². The Labute approximate surface area is 217 Å². The predicted octanol–water partition coefficient (Wildman–Crippen LogP) is 6.70. The number of rotatable bonds is 3. The van der Waals surface area contributed by atoms with Gasteiger partial charge in [-0.1, -0.05) is 24.6 Å². The fourth-order valence-corrected chi connectivity index (χ4v) is 8.00. The Morgan fingerprint density at radius 1 is 1.05 bits per heavy atom. The minimum Gasteiger partial charge on any atom is -0.383 e. The third-order valence-corrected chi connectivity index (χ3v) is 9.86. The number of aromatic nitrogens is 2. The third-order valence-electron chi connectivity index (χ3n) is 9.86. The number of hydrogen-bond donors (Lipinski definition) is 1. The number of hydrogen-bond acceptors (Lipinski definition) is 3. The maximum Gasteiger partial charge on any atom is 0.456 e. The molecule has 1 heterocycles. The van der Waals surface area contributed by atoms with Gasteiger partial charge in [0.2, 0.25) is 0 Å². The van der Waals surface area contributed by atoms with E-state index >= 15 is 8.78 Å². The van der Waals surface area contributed by atoms with Gasteiger partial charge in [-0.25, -0.2) is 4.98 Å². The van der Waals surface area contributed by atoms with Gasteiger partial charge in [0.05, 0.1) is 6.33 Å². The standard InChI is InChI=1S/C29H29F5N2O2/c1-26-15-23(17-2-5-19(6-3-17)36-13-12-35-16-36)25-21-9-7-20(37)14-18(21)4-8-22(25)24(26)10-11-27(26,38)28(30,31)29(32,33)34/h2-3,5-6,12-14,16,22-24,38H,4,7-11,15H2,1H3/t22-,23+,24-,26-,27-/m0/s1. The van der Waals surface area contributed by atoms with E-state index in [0.29, 0.717) is 25.7 Å². The highest BCUT2D eigenvalue weighted by Crippen LogP contribution is 2.70. The number of fused-ring (bicyclic) bond motifs is 4. The van der Waals surface area contributed by atoms with Crippen molar-refractivity contribution in [3.8, 4) is 5.69 Å². The number of carbonyl (C=O) groups is 1. The topological polar surface area (TPSA) is 55.1 Å². The van der Waals surface area contributed by atoms with Crippen molar-refractivity contribution in [2.24, 2.45) is 17.3 Å². The van der Waals surface area contributed by atoms with Crippen molar-refractivity contribution in [3.05, 3.63) is 71.3 Å². The number of nitrogens with zero attached hydrogens (tertiary/aromatic N) is 2. The zero-order valence-corrected chi connectivity index (χ0v) is 20.9. The van der Waals surface area contributed by atoms with Gasteiger partial charge < -0.3 is 9.67 Å². The second kappa shape index (κ2) is 8.34. The normalized spacial score (nSPS) is 33.5. The van der Waals surface area contributed by atoms with E-state index in [4.69, 9.17) is 0 Å². The molecule has 0 saturated heterocycles. The van der Waals surface area contributed by atoms with Crippen molar-refractivity contribution < 1.29 is 31.9 Å². The molecule has 2 aromatic rings. The number of allylic oxidation sites excluding steroid dienone is 4. The lowest BCUT2D eigenvalue weighted by Crippen LogP contribution is -2.65. The second-order valence-electron chi connectivity index (χ2n) is 11.5. The summed E-state index contributed by atoms with van der Waals surface area (Å²) < 4.78 is 73.0. The Balaban J connectivity index is 1.50. The van der Waals surface area contributed by atoms with Gasteiger partial charge in [0.25, 0.3) is 0 Å². The molecule has 1 aromatic heterocycles. The maximum atomic E-state index is 15.1. The Kier molecular flexibility index (Phi) is 5.59. The minimum atomic E-state index is -5.85. The van der Waals surface area contributed by atoms with Gasteiger partial charge >= 0.3 is 12.1 Å². The van der Waals surface area contributed by atoms with Crippen molar-refractivity contribution in [3.63, 3.8) is 0 Å². The van der Waals surface area contributed by atoms with E-state index in [1.807, 2.05) is 28.8 Å². The fourth-order valence-electron chi connectivity index (χ4n) is 8.00. The highest BCUT2D eigenvalue weighted by atomic mass is 19.4. The Hall–Kier alpha value is -2.81. The molecular formula is C29H29F5N2O2. The van der Waals surface area contributed by atoms with Gasteiger partial charge in [-0.05, 0) is 85.3 Å². The number of benzene rings is 1. The molecule has 0 amide bonds. The van der Waals surface area contributed by atoms with Crippen LogP contribution in [0.25, 0.3) is 5.69 Å². The summed E-state index contributed by atoms with van der Waals surface area (Å²) in [5, 5.41) is 11.3. The molecule has 2 saturated carbocycles. The highest BCUT2D eigenvalue weighted by molar-refractivity contribution is 5.93. The number of ketones is 1. The molecule has 0 unspecified atom stereocenters. The van der Waals surface area contributed by atoms with Crippen molar-refractivity contribution in [2.75, 3.05) is 0 Å². The summed E-state index contributed by atoms with van der Waals surface area (Å²) in [6.07, 6.45) is 2.44. The summed E-state index contributed by atoms with van der Waals surface area (Å²) in [7, 11) is 0. The van der Waals surface area contributed by atoms with Gasteiger partial charge in [-0.2, -0.15) is 22.0 Å². The molecule has 9 heteroatoms. The molecule has 0 radical (unpaired) electrons. The molecule has 0 aliphatic heterocycles. The van der Waals surface area contributed by atoms with Crippen molar-refractivity contribution in [1.82, 2.24) is 9.55 Å². The van der Waals surface area contributed by atoms with Crippen molar-refractivity contribution in [2.45, 2.75) is 75.5 Å². The van der Waals surface area contributed by atoms with Crippen LogP contribution >= 0.6 is 0 Å². The van der Waals surface area contributed by atoms with Gasteiger partial charge in [0.1, 0.15) is 5.60 Å². The van der Waals surface area contributed by atoms with Crippen LogP contribution in [0.1, 0.15) is 63.4 Å². The summed E-state index contributed by atoms with van der Waals surface area (Å²) in [5.74, 6) is -6.36. The van der Waals surface area contributed by atoms with Crippen molar-refractivity contribution >= 4 is 5.78 Å². The second-order valence-corrected chi connectivity index (χ2v) is 11.5. The van der Waals surface area contributed by atoms with Crippen LogP contribution in [0, 0.1) is 17.3 Å². The molecule has 2 fully saturated rings. The molecular weight excluding hydrogens is 503 g/mol. The van der Waals surface area contributed by atoms with Crippen molar-refractivity contribution in [1.29, 1.82) is 0 Å². The van der Waals surface area contributed by atoms with Crippen LogP contribution in [-0.4, -0.2) is 38.1 Å². The van der Waals surface area contributed by atoms with Crippen LogP contribution in [0.3, 0.4) is 0 Å². The first-order valence-corrected chi connectivity index (χ1v) is 13.1. The summed E-state index contributed by atoms with van der Waals surface area (Å²) in [4.78, 5) is 16.2. The quantitative estimate of drug-likeness (QED) is 0.448. The van der Waals surface area contributed by atoms with Crippen LogP contribution in [0.15, 0.2) is 65.8 Å². The fraction of sp³-hybridized carbons (Fsp3) is 0.517. The lowest BCUT2D eigenvalue weighted by atomic mass is 9.50. The maximum absolute atomic E-state index is 15.1. The van der Waals surface area contributed by atoms with Crippen LogP contribution in [0.4, 0.5) is 22.0 Å². The van der Waals surface area contributed by atoms with Crippen LogP contribution in [-0.2, 0) is 4.79 Å². The van der Waals surface area contributed by atoms with E-state index in [1.165, 1.54) is 6.92 Å². The first-order valence-electron chi connectivity index (χ1n) is 13.1. The first-order chi connectivity index (χ1) is 17.9. The van der Waals surface area contributed by atoms with Gasteiger partial charge in [-0.3, -0.25) is 4.79 Å². The number of halogens is 5. The number of carbonyl (C=O) groups excluding carboxylic acids is 1. The van der Waals surface area contributed by atoms with Gasteiger partial charge in [-0.15, -0.1) is 0 Å². The Morgan fingerprint density at radius 3 is 2.45 bits per heavy atom. The molecule has 38 heavy (non-hydrogen) atoms. The van der Waals surface area contributed by atoms with Crippen LogP contribution in [0.2, 0.25) is 0 Å².